The zero-order valence-corrected chi connectivity index (χ0v) is 39.0. The van der Waals surface area contributed by atoms with Crippen LogP contribution in [-0.4, -0.2) is 47.4 Å². The molecule has 0 bridgehead atoms. The van der Waals surface area contributed by atoms with Crippen LogP contribution >= 0.6 is 0 Å². The van der Waals surface area contributed by atoms with E-state index in [4.69, 9.17) is 4.74 Å². The van der Waals surface area contributed by atoms with Gasteiger partial charge in [0.1, 0.15) is 0 Å². The zero-order chi connectivity index (χ0) is 42.3. The van der Waals surface area contributed by atoms with Crippen LogP contribution in [0.5, 0.6) is 0 Å². The molecule has 6 heteroatoms. The minimum absolute atomic E-state index is 0.00997. The molecule has 0 aliphatic rings. The van der Waals surface area contributed by atoms with E-state index in [0.717, 1.165) is 51.4 Å². The Labute approximate surface area is 361 Å². The summed E-state index contributed by atoms with van der Waals surface area (Å²) >= 11 is 0. The van der Waals surface area contributed by atoms with Gasteiger partial charge < -0.3 is 20.3 Å². The molecular weight excluding hydrogens is 719 g/mol. The number of aliphatic hydroxyl groups is 2. The van der Waals surface area contributed by atoms with Gasteiger partial charge in [0.05, 0.1) is 25.4 Å². The maximum atomic E-state index is 12.4. The summed E-state index contributed by atoms with van der Waals surface area (Å²) in [6, 6.07) is -0.547. The van der Waals surface area contributed by atoms with Gasteiger partial charge in [-0.15, -0.1) is 0 Å². The second kappa shape index (κ2) is 48.3. The predicted octanol–water partition coefficient (Wildman–Crippen LogP) is 15.3. The molecule has 0 aromatic rings. The monoisotopic (exact) mass is 820 g/mol. The Morgan fingerprint density at radius 3 is 1.22 bits per heavy atom. The number of nitrogens with one attached hydrogen (secondary N) is 1. The lowest BCUT2D eigenvalue weighted by atomic mass is 10.0. The van der Waals surface area contributed by atoms with Crippen LogP contribution in [0.25, 0.3) is 0 Å². The summed E-state index contributed by atoms with van der Waals surface area (Å²) in [4.78, 5) is 24.4. The molecule has 344 valence electrons. The van der Waals surface area contributed by atoms with Gasteiger partial charge in [0.2, 0.25) is 5.91 Å². The molecule has 3 N–H and O–H groups in total. The Hall–Kier alpha value is -1.40. The third-order valence-corrected chi connectivity index (χ3v) is 12.1. The summed E-state index contributed by atoms with van der Waals surface area (Å²) in [6.45, 7) is 4.92. The summed E-state index contributed by atoms with van der Waals surface area (Å²) in [6.07, 6.45) is 54.6. The van der Waals surface area contributed by atoms with Crippen LogP contribution in [0.2, 0.25) is 0 Å². The lowest BCUT2D eigenvalue weighted by molar-refractivity contribution is -0.143. The van der Waals surface area contributed by atoms with Crippen molar-refractivity contribution in [3.05, 3.63) is 12.2 Å². The minimum atomic E-state index is -0.669. The third-order valence-electron chi connectivity index (χ3n) is 12.1. The quantitative estimate of drug-likeness (QED) is 0.0323. The summed E-state index contributed by atoms with van der Waals surface area (Å²) in [7, 11) is 0. The molecular formula is C52H101NO5. The second-order valence-corrected chi connectivity index (χ2v) is 17.9. The number of esters is 1. The van der Waals surface area contributed by atoms with Crippen molar-refractivity contribution in [3.63, 3.8) is 0 Å². The molecule has 0 aromatic carbocycles. The van der Waals surface area contributed by atoms with Crippen molar-refractivity contribution in [2.45, 2.75) is 296 Å². The van der Waals surface area contributed by atoms with Gasteiger partial charge in [0.25, 0.3) is 0 Å². The maximum absolute atomic E-state index is 12.4. The number of hydrogen-bond donors (Lipinski definition) is 3. The van der Waals surface area contributed by atoms with E-state index in [2.05, 4.69) is 31.3 Å². The Morgan fingerprint density at radius 1 is 0.466 bits per heavy atom. The van der Waals surface area contributed by atoms with Crippen LogP contribution in [0.1, 0.15) is 284 Å². The average Bonchev–Trinajstić information content (AvgIpc) is 3.22. The molecule has 0 aliphatic carbocycles. The van der Waals surface area contributed by atoms with Gasteiger partial charge in [-0.25, -0.2) is 0 Å². The standard InChI is InChI=1S/C52H101NO5/c1-3-5-7-9-11-13-15-17-18-22-26-30-34-38-42-46-52(57)58-47-43-39-35-31-27-23-20-19-21-25-29-33-37-41-45-51(56)53-49(48-54)50(55)44-40-36-32-28-24-16-14-12-10-8-6-4-2/h17-18,49-50,54-55H,3-16,19-48H2,1-2H3,(H,53,56)/b18-17-. The predicted molar refractivity (Wildman–Crippen MR) is 250 cm³/mol. The average molecular weight is 820 g/mol. The topological polar surface area (TPSA) is 95.9 Å². The lowest BCUT2D eigenvalue weighted by Gasteiger charge is -2.22. The van der Waals surface area contributed by atoms with Crippen molar-refractivity contribution < 1.29 is 24.5 Å². The molecule has 58 heavy (non-hydrogen) atoms. The number of carbonyl (C=O) groups excluding carboxylic acids is 2. The first kappa shape index (κ1) is 56.6. The highest BCUT2D eigenvalue weighted by Gasteiger charge is 2.20. The van der Waals surface area contributed by atoms with Crippen LogP contribution < -0.4 is 5.32 Å². The molecule has 0 spiro atoms. The molecule has 0 heterocycles. The molecule has 0 aliphatic heterocycles. The van der Waals surface area contributed by atoms with E-state index in [1.807, 2.05) is 0 Å². The highest BCUT2D eigenvalue weighted by molar-refractivity contribution is 5.76. The SMILES string of the molecule is CCCCCCCC/C=C\CCCCCCCC(=O)OCCCCCCCCCCCCCCCCC(=O)NC(CO)C(O)CCCCCCCCCCCCCC. The largest absolute Gasteiger partial charge is 0.466 e. The van der Waals surface area contributed by atoms with E-state index in [1.54, 1.807) is 0 Å². The van der Waals surface area contributed by atoms with Crippen molar-refractivity contribution in [2.24, 2.45) is 0 Å². The van der Waals surface area contributed by atoms with Crippen LogP contribution in [0.15, 0.2) is 12.2 Å². The number of allylic oxidation sites excluding steroid dienone is 2. The van der Waals surface area contributed by atoms with Crippen LogP contribution in [0.4, 0.5) is 0 Å². The van der Waals surface area contributed by atoms with Crippen LogP contribution in [0.3, 0.4) is 0 Å². The number of hydrogen-bond acceptors (Lipinski definition) is 5. The highest BCUT2D eigenvalue weighted by atomic mass is 16.5. The summed E-state index contributed by atoms with van der Waals surface area (Å²) in [5, 5.41) is 23.2. The summed E-state index contributed by atoms with van der Waals surface area (Å²) in [5.74, 6) is -0.0558. The molecule has 0 aromatic heterocycles. The third kappa shape index (κ3) is 44.2. The normalized spacial score (nSPS) is 12.7. The number of carbonyl (C=O) groups is 2. The number of ether oxygens (including phenoxy) is 1. The van der Waals surface area contributed by atoms with Gasteiger partial charge in [-0.2, -0.15) is 0 Å². The van der Waals surface area contributed by atoms with Gasteiger partial charge in [0, 0.05) is 12.8 Å². The first-order valence-electron chi connectivity index (χ1n) is 25.9. The lowest BCUT2D eigenvalue weighted by Crippen LogP contribution is -2.45. The van der Waals surface area contributed by atoms with Gasteiger partial charge in [-0.05, 0) is 51.4 Å². The molecule has 1 amide bonds. The fraction of sp³-hybridized carbons (Fsp3) is 0.923. The van der Waals surface area contributed by atoms with Crippen molar-refractivity contribution in [1.82, 2.24) is 5.32 Å². The molecule has 0 radical (unpaired) electrons. The Kier molecular flexibility index (Phi) is 47.1. The number of aliphatic hydroxyl groups excluding tert-OH is 2. The van der Waals surface area contributed by atoms with Gasteiger partial charge in [-0.3, -0.25) is 9.59 Å². The van der Waals surface area contributed by atoms with Crippen LogP contribution in [-0.2, 0) is 14.3 Å². The zero-order valence-electron chi connectivity index (χ0n) is 39.0. The molecule has 0 saturated heterocycles. The van der Waals surface area contributed by atoms with E-state index in [-0.39, 0.29) is 18.5 Å². The van der Waals surface area contributed by atoms with Crippen molar-refractivity contribution in [1.29, 1.82) is 0 Å². The molecule has 0 saturated carbocycles. The first-order valence-corrected chi connectivity index (χ1v) is 25.9. The molecule has 6 nitrogen and oxygen atoms in total. The van der Waals surface area contributed by atoms with Gasteiger partial charge in [-0.1, -0.05) is 231 Å². The van der Waals surface area contributed by atoms with E-state index >= 15 is 0 Å². The Morgan fingerprint density at radius 2 is 0.810 bits per heavy atom. The second-order valence-electron chi connectivity index (χ2n) is 17.9. The van der Waals surface area contributed by atoms with Crippen molar-refractivity contribution >= 4 is 11.9 Å². The van der Waals surface area contributed by atoms with Crippen molar-refractivity contribution in [2.75, 3.05) is 13.2 Å². The van der Waals surface area contributed by atoms with E-state index in [0.29, 0.717) is 25.9 Å². The summed E-state index contributed by atoms with van der Waals surface area (Å²) < 4.78 is 5.46. The van der Waals surface area contributed by atoms with Gasteiger partial charge in [0.15, 0.2) is 0 Å². The van der Waals surface area contributed by atoms with E-state index < -0.39 is 12.1 Å². The van der Waals surface area contributed by atoms with Crippen molar-refractivity contribution in [3.8, 4) is 0 Å². The number of amides is 1. The smallest absolute Gasteiger partial charge is 0.305 e. The number of unbranched alkanes of at least 4 members (excludes halogenated alkanes) is 35. The number of rotatable bonds is 48. The first-order chi connectivity index (χ1) is 28.5. The van der Waals surface area contributed by atoms with Crippen LogP contribution in [0, 0.1) is 0 Å². The fourth-order valence-electron chi connectivity index (χ4n) is 8.05. The van der Waals surface area contributed by atoms with E-state index in [9.17, 15) is 19.8 Å². The van der Waals surface area contributed by atoms with Gasteiger partial charge >= 0.3 is 5.97 Å². The molecule has 0 fully saturated rings. The molecule has 2 atom stereocenters. The molecule has 0 rings (SSSR count). The fourth-order valence-corrected chi connectivity index (χ4v) is 8.05. The Balaban J connectivity index is 3.43. The minimum Gasteiger partial charge on any atom is -0.466 e. The highest BCUT2D eigenvalue weighted by Crippen LogP contribution is 2.16. The van der Waals surface area contributed by atoms with E-state index in [1.165, 1.54) is 199 Å². The summed E-state index contributed by atoms with van der Waals surface area (Å²) in [5.41, 5.74) is 0. The molecule has 2 unspecified atom stereocenters. The maximum Gasteiger partial charge on any atom is 0.305 e. The Bertz CT molecular complexity index is 863.